The molecule has 1 aliphatic heterocycles. The zero-order valence-electron chi connectivity index (χ0n) is 11.6. The van der Waals surface area contributed by atoms with E-state index in [0.29, 0.717) is 9.90 Å². The zero-order chi connectivity index (χ0) is 15.7. The maximum atomic E-state index is 12.2. The van der Waals surface area contributed by atoms with Crippen molar-refractivity contribution < 1.29 is 14.4 Å². The first-order valence-electron chi connectivity index (χ1n) is 6.86. The molecule has 22 heavy (non-hydrogen) atoms. The van der Waals surface area contributed by atoms with E-state index in [-0.39, 0.29) is 43.7 Å². The molecule has 7 heteroatoms. The van der Waals surface area contributed by atoms with Crippen LogP contribution in [0, 0.1) is 0 Å². The van der Waals surface area contributed by atoms with E-state index < -0.39 is 0 Å². The highest BCUT2D eigenvalue weighted by Gasteiger charge is 2.28. The lowest BCUT2D eigenvalue weighted by molar-refractivity contribution is -0.138. The molecule has 114 valence electrons. The number of nitrogens with one attached hydrogen (secondary N) is 1. The highest BCUT2D eigenvalue weighted by atomic mass is 35.5. The van der Waals surface area contributed by atoms with Crippen molar-refractivity contribution in [2.75, 3.05) is 13.1 Å². The predicted molar refractivity (Wildman–Crippen MR) is 85.1 cm³/mol. The fourth-order valence-electron chi connectivity index (χ4n) is 2.39. The van der Waals surface area contributed by atoms with Crippen LogP contribution in [0.2, 0.25) is 5.02 Å². The average molecular weight is 337 g/mol. The second-order valence-electron chi connectivity index (χ2n) is 4.94. The largest absolute Gasteiger partial charge is 0.349 e. The van der Waals surface area contributed by atoms with Gasteiger partial charge in [-0.2, -0.15) is 0 Å². The Morgan fingerprint density at radius 3 is 2.59 bits per heavy atom. The lowest BCUT2D eigenvalue weighted by atomic mass is 10.2. The summed E-state index contributed by atoms with van der Waals surface area (Å²) in [6.45, 7) is 0.423. The Balaban J connectivity index is 1.65. The zero-order valence-corrected chi connectivity index (χ0v) is 13.2. The van der Waals surface area contributed by atoms with E-state index in [1.807, 2.05) is 24.3 Å². The van der Waals surface area contributed by atoms with E-state index in [1.54, 1.807) is 0 Å². The van der Waals surface area contributed by atoms with Gasteiger partial charge < -0.3 is 5.32 Å². The van der Waals surface area contributed by atoms with Gasteiger partial charge in [0.15, 0.2) is 0 Å². The molecule has 0 unspecified atom stereocenters. The molecule has 1 aromatic heterocycles. The summed E-state index contributed by atoms with van der Waals surface area (Å²) in [5, 5.41) is 4.00. The molecular formula is C15H13ClN2O3S. The monoisotopic (exact) mass is 336 g/mol. The van der Waals surface area contributed by atoms with Crippen molar-refractivity contribution in [3.8, 4) is 0 Å². The molecule has 0 radical (unpaired) electrons. The van der Waals surface area contributed by atoms with Crippen molar-refractivity contribution in [1.82, 2.24) is 10.2 Å². The van der Waals surface area contributed by atoms with E-state index in [2.05, 4.69) is 5.32 Å². The number of halogens is 1. The third-order valence-corrected chi connectivity index (χ3v) is 5.19. The van der Waals surface area contributed by atoms with Crippen LogP contribution in [-0.2, 0) is 9.59 Å². The SMILES string of the molecule is O=C(NCCN1C(=O)CCC1=O)c1sc2ccccc2c1Cl. The quantitative estimate of drug-likeness (QED) is 0.872. The summed E-state index contributed by atoms with van der Waals surface area (Å²) in [6.07, 6.45) is 0.518. The van der Waals surface area contributed by atoms with Crippen LogP contribution in [0.4, 0.5) is 0 Å². The fraction of sp³-hybridized carbons (Fsp3) is 0.267. The molecular weight excluding hydrogens is 324 g/mol. The molecule has 1 fully saturated rings. The number of nitrogens with zero attached hydrogens (tertiary/aromatic N) is 1. The standard InChI is InChI=1S/C15H13ClN2O3S/c16-13-9-3-1-2-4-10(9)22-14(13)15(21)17-7-8-18-11(19)5-6-12(18)20/h1-4H,5-8H2,(H,17,21). The van der Waals surface area contributed by atoms with E-state index in [4.69, 9.17) is 11.6 Å². The predicted octanol–water partition coefficient (Wildman–Crippen LogP) is 2.43. The lowest BCUT2D eigenvalue weighted by Gasteiger charge is -2.13. The van der Waals surface area contributed by atoms with Crippen molar-refractivity contribution in [3.05, 3.63) is 34.2 Å². The second-order valence-corrected chi connectivity index (χ2v) is 6.37. The number of rotatable bonds is 4. The summed E-state index contributed by atoms with van der Waals surface area (Å²) < 4.78 is 0.947. The van der Waals surface area contributed by atoms with Crippen LogP contribution in [0.15, 0.2) is 24.3 Å². The fourth-order valence-corrected chi connectivity index (χ4v) is 3.83. The molecule has 0 saturated carbocycles. The Hall–Kier alpha value is -1.92. The molecule has 2 aromatic rings. The smallest absolute Gasteiger partial charge is 0.262 e. The van der Waals surface area contributed by atoms with Crippen LogP contribution < -0.4 is 5.32 Å². The van der Waals surface area contributed by atoms with Crippen LogP contribution >= 0.6 is 22.9 Å². The number of amides is 3. The highest BCUT2D eigenvalue weighted by Crippen LogP contribution is 2.34. The van der Waals surface area contributed by atoms with E-state index in [1.165, 1.54) is 16.2 Å². The first-order chi connectivity index (χ1) is 10.6. The number of imide groups is 1. The van der Waals surface area contributed by atoms with Crippen molar-refractivity contribution in [1.29, 1.82) is 0 Å². The molecule has 1 N–H and O–H groups in total. The van der Waals surface area contributed by atoms with Crippen LogP contribution in [0.3, 0.4) is 0 Å². The van der Waals surface area contributed by atoms with E-state index in [0.717, 1.165) is 10.1 Å². The van der Waals surface area contributed by atoms with Gasteiger partial charge in [-0.05, 0) is 6.07 Å². The number of thiophene rings is 1. The summed E-state index contributed by atoms with van der Waals surface area (Å²) in [5.41, 5.74) is 0. The van der Waals surface area contributed by atoms with Gasteiger partial charge in [-0.15, -0.1) is 11.3 Å². The third-order valence-electron chi connectivity index (χ3n) is 3.52. The molecule has 0 spiro atoms. The summed E-state index contributed by atoms with van der Waals surface area (Å²) in [4.78, 5) is 36.8. The van der Waals surface area contributed by atoms with Gasteiger partial charge in [0.2, 0.25) is 11.8 Å². The summed E-state index contributed by atoms with van der Waals surface area (Å²) in [5.74, 6) is -0.649. The normalized spacial score (nSPS) is 14.9. The number of fused-ring (bicyclic) bond motifs is 1. The Kier molecular flexibility index (Phi) is 4.13. The number of likely N-dealkylation sites (tertiary alicyclic amines) is 1. The number of carbonyl (C=O) groups excluding carboxylic acids is 3. The van der Waals surface area contributed by atoms with Gasteiger partial charge in [-0.1, -0.05) is 29.8 Å². The van der Waals surface area contributed by atoms with Crippen LogP contribution in [0.5, 0.6) is 0 Å². The van der Waals surface area contributed by atoms with Gasteiger partial charge in [-0.3, -0.25) is 19.3 Å². The molecule has 3 amide bonds. The van der Waals surface area contributed by atoms with Gasteiger partial charge in [0, 0.05) is 36.0 Å². The Morgan fingerprint density at radius 1 is 1.23 bits per heavy atom. The lowest BCUT2D eigenvalue weighted by Crippen LogP contribution is -2.37. The third kappa shape index (κ3) is 2.71. The van der Waals surface area contributed by atoms with Crippen molar-refractivity contribution in [3.63, 3.8) is 0 Å². The molecule has 0 bridgehead atoms. The van der Waals surface area contributed by atoms with Crippen molar-refractivity contribution >= 4 is 50.7 Å². The molecule has 3 rings (SSSR count). The first-order valence-corrected chi connectivity index (χ1v) is 8.06. The minimum atomic E-state index is -0.287. The van der Waals surface area contributed by atoms with Crippen molar-refractivity contribution in [2.45, 2.75) is 12.8 Å². The number of hydrogen-bond acceptors (Lipinski definition) is 4. The highest BCUT2D eigenvalue weighted by molar-refractivity contribution is 7.21. The minimum Gasteiger partial charge on any atom is -0.349 e. The topological polar surface area (TPSA) is 66.5 Å². The number of benzene rings is 1. The van der Waals surface area contributed by atoms with E-state index >= 15 is 0 Å². The Morgan fingerprint density at radius 2 is 1.91 bits per heavy atom. The number of hydrogen-bond donors (Lipinski definition) is 1. The van der Waals surface area contributed by atoms with Gasteiger partial charge in [-0.25, -0.2) is 0 Å². The molecule has 2 heterocycles. The van der Waals surface area contributed by atoms with Gasteiger partial charge in [0.05, 0.1) is 5.02 Å². The van der Waals surface area contributed by atoms with Crippen LogP contribution in [0.1, 0.15) is 22.5 Å². The van der Waals surface area contributed by atoms with E-state index in [9.17, 15) is 14.4 Å². The second kappa shape index (κ2) is 6.06. The first kappa shape index (κ1) is 15.0. The Bertz CT molecular complexity index is 755. The molecule has 5 nitrogen and oxygen atoms in total. The van der Waals surface area contributed by atoms with Crippen LogP contribution in [-0.4, -0.2) is 35.7 Å². The maximum absolute atomic E-state index is 12.2. The minimum absolute atomic E-state index is 0.181. The van der Waals surface area contributed by atoms with Crippen molar-refractivity contribution in [2.24, 2.45) is 0 Å². The van der Waals surface area contributed by atoms with Gasteiger partial charge >= 0.3 is 0 Å². The summed E-state index contributed by atoms with van der Waals surface area (Å²) >= 11 is 7.56. The average Bonchev–Trinajstić information content (AvgIpc) is 3.02. The molecule has 0 aliphatic carbocycles. The Labute approximate surface area is 135 Å². The molecule has 0 atom stereocenters. The molecule has 1 aliphatic rings. The molecule has 1 saturated heterocycles. The van der Waals surface area contributed by atoms with Crippen LogP contribution in [0.25, 0.3) is 10.1 Å². The molecule has 1 aromatic carbocycles. The summed E-state index contributed by atoms with van der Waals surface area (Å²) in [6, 6.07) is 7.53. The van der Waals surface area contributed by atoms with Gasteiger partial charge in [0.1, 0.15) is 4.88 Å². The number of carbonyl (C=O) groups is 3. The van der Waals surface area contributed by atoms with Gasteiger partial charge in [0.25, 0.3) is 5.91 Å². The summed E-state index contributed by atoms with van der Waals surface area (Å²) in [7, 11) is 0. The maximum Gasteiger partial charge on any atom is 0.262 e.